The van der Waals surface area contributed by atoms with Crippen LogP contribution in [0, 0.1) is 11.3 Å². The van der Waals surface area contributed by atoms with Crippen LogP contribution in [0.15, 0.2) is 35.5 Å². The van der Waals surface area contributed by atoms with Gasteiger partial charge in [0.15, 0.2) is 5.41 Å². The Morgan fingerprint density at radius 1 is 1.05 bits per heavy atom. The smallest absolute Gasteiger partial charge is 0.323 e. The van der Waals surface area contributed by atoms with Crippen LogP contribution in [0.3, 0.4) is 0 Å². The van der Waals surface area contributed by atoms with Crippen molar-refractivity contribution < 1.29 is 19.1 Å². The molecule has 2 aliphatic carbocycles. The zero-order valence-corrected chi connectivity index (χ0v) is 11.4. The summed E-state index contributed by atoms with van der Waals surface area (Å²) in [7, 11) is 2.59. The van der Waals surface area contributed by atoms with Crippen molar-refractivity contribution in [2.75, 3.05) is 14.2 Å². The Morgan fingerprint density at radius 2 is 1.47 bits per heavy atom. The summed E-state index contributed by atoms with van der Waals surface area (Å²) >= 11 is 0. The number of hydrogen-bond donors (Lipinski definition) is 0. The Bertz CT molecular complexity index is 452. The molecule has 0 radical (unpaired) electrons. The number of methoxy groups -OCH3 is 2. The summed E-state index contributed by atoms with van der Waals surface area (Å²) in [6.07, 6.45) is 8.79. The second-order valence-corrected chi connectivity index (χ2v) is 5.05. The van der Waals surface area contributed by atoms with E-state index in [0.717, 1.165) is 11.1 Å². The molecule has 0 heterocycles. The van der Waals surface area contributed by atoms with Gasteiger partial charge in [0.25, 0.3) is 0 Å². The van der Waals surface area contributed by atoms with Crippen molar-refractivity contribution >= 4 is 11.9 Å². The van der Waals surface area contributed by atoms with E-state index < -0.39 is 17.4 Å². The average Bonchev–Trinajstić information content (AvgIpc) is 2.73. The van der Waals surface area contributed by atoms with E-state index in [9.17, 15) is 9.59 Å². The second-order valence-electron chi connectivity index (χ2n) is 5.05. The summed E-state index contributed by atoms with van der Waals surface area (Å²) in [5, 5.41) is 0. The van der Waals surface area contributed by atoms with Crippen LogP contribution < -0.4 is 0 Å². The molecular formula is C15H18O4. The van der Waals surface area contributed by atoms with E-state index in [2.05, 4.69) is 19.1 Å². The minimum atomic E-state index is -1.22. The van der Waals surface area contributed by atoms with E-state index in [1.165, 1.54) is 14.2 Å². The third-order valence-electron chi connectivity index (χ3n) is 3.75. The summed E-state index contributed by atoms with van der Waals surface area (Å²) < 4.78 is 9.61. The molecule has 0 saturated heterocycles. The van der Waals surface area contributed by atoms with Crippen LogP contribution in [0.2, 0.25) is 0 Å². The number of carbonyl (C=O) groups excluding carboxylic acids is 2. The highest BCUT2D eigenvalue weighted by atomic mass is 16.5. The Kier molecular flexibility index (Phi) is 3.60. The Balaban J connectivity index is 2.35. The Morgan fingerprint density at radius 3 is 1.84 bits per heavy atom. The van der Waals surface area contributed by atoms with E-state index >= 15 is 0 Å². The van der Waals surface area contributed by atoms with Crippen molar-refractivity contribution in [2.24, 2.45) is 11.3 Å². The van der Waals surface area contributed by atoms with Crippen LogP contribution in [0.1, 0.15) is 19.8 Å². The molecule has 0 aromatic heterocycles. The van der Waals surface area contributed by atoms with Gasteiger partial charge in [-0.15, -0.1) is 0 Å². The van der Waals surface area contributed by atoms with Gasteiger partial charge in [0, 0.05) is 0 Å². The summed E-state index contributed by atoms with van der Waals surface area (Å²) in [6.45, 7) is 2.09. The molecule has 0 aromatic carbocycles. The van der Waals surface area contributed by atoms with E-state index in [1.54, 1.807) is 0 Å². The predicted octanol–water partition coefficient (Wildman–Crippen LogP) is 2.17. The molecule has 102 valence electrons. The zero-order valence-electron chi connectivity index (χ0n) is 11.4. The number of esters is 2. The Labute approximate surface area is 112 Å². The number of hydrogen-bond acceptors (Lipinski definition) is 4. The van der Waals surface area contributed by atoms with Gasteiger partial charge in [-0.05, 0) is 29.9 Å². The molecule has 0 atom stereocenters. The summed E-state index contributed by atoms with van der Waals surface area (Å²) in [6, 6.07) is 0. The first-order valence-corrected chi connectivity index (χ1v) is 6.29. The average molecular weight is 262 g/mol. The fourth-order valence-electron chi connectivity index (χ4n) is 2.63. The summed E-state index contributed by atoms with van der Waals surface area (Å²) in [4.78, 5) is 24.1. The summed E-state index contributed by atoms with van der Waals surface area (Å²) in [5.41, 5.74) is 0.802. The fourth-order valence-corrected chi connectivity index (χ4v) is 2.63. The first-order valence-electron chi connectivity index (χ1n) is 6.29. The van der Waals surface area contributed by atoms with E-state index in [4.69, 9.17) is 9.47 Å². The molecule has 0 unspecified atom stereocenters. The van der Waals surface area contributed by atoms with Crippen LogP contribution in [-0.2, 0) is 19.1 Å². The minimum absolute atomic E-state index is 0.342. The van der Waals surface area contributed by atoms with Crippen LogP contribution in [0.25, 0.3) is 0 Å². The maximum absolute atomic E-state index is 12.0. The molecule has 19 heavy (non-hydrogen) atoms. The molecule has 2 rings (SSSR count). The molecule has 0 aromatic rings. The number of ether oxygens (including phenoxy) is 2. The highest BCUT2D eigenvalue weighted by molar-refractivity contribution is 6.01. The van der Waals surface area contributed by atoms with Gasteiger partial charge in [-0.25, -0.2) is 0 Å². The predicted molar refractivity (Wildman–Crippen MR) is 70.2 cm³/mol. The van der Waals surface area contributed by atoms with Crippen molar-refractivity contribution in [1.29, 1.82) is 0 Å². The van der Waals surface area contributed by atoms with E-state index in [0.29, 0.717) is 18.8 Å². The third-order valence-corrected chi connectivity index (χ3v) is 3.75. The number of allylic oxidation sites excluding steroid dienone is 6. The molecule has 4 heteroatoms. The lowest BCUT2D eigenvalue weighted by molar-refractivity contribution is -0.168. The van der Waals surface area contributed by atoms with Crippen LogP contribution in [0.4, 0.5) is 0 Å². The van der Waals surface area contributed by atoms with Crippen LogP contribution in [0.5, 0.6) is 0 Å². The second kappa shape index (κ2) is 5.03. The highest BCUT2D eigenvalue weighted by Crippen LogP contribution is 2.45. The molecule has 0 saturated carbocycles. The maximum Gasteiger partial charge on any atom is 0.323 e. The van der Waals surface area contributed by atoms with Gasteiger partial charge in [0.05, 0.1) is 14.2 Å². The van der Waals surface area contributed by atoms with Gasteiger partial charge in [-0.3, -0.25) is 9.59 Å². The third kappa shape index (κ3) is 2.23. The minimum Gasteiger partial charge on any atom is -0.468 e. The highest BCUT2D eigenvalue weighted by Gasteiger charge is 2.52. The number of rotatable bonds is 2. The SMILES string of the molecule is COC(=O)C1(C(=O)OC)CC2=C(C=CC(C)C=C2)C1. The molecule has 0 bridgehead atoms. The van der Waals surface area contributed by atoms with Gasteiger partial charge >= 0.3 is 11.9 Å². The van der Waals surface area contributed by atoms with Crippen LogP contribution >= 0.6 is 0 Å². The quantitative estimate of drug-likeness (QED) is 0.565. The first kappa shape index (κ1) is 13.6. The largest absolute Gasteiger partial charge is 0.468 e. The molecule has 0 aliphatic heterocycles. The van der Waals surface area contributed by atoms with E-state index in [-0.39, 0.29) is 0 Å². The van der Waals surface area contributed by atoms with Crippen molar-refractivity contribution in [3.8, 4) is 0 Å². The number of carbonyl (C=O) groups is 2. The van der Waals surface area contributed by atoms with Gasteiger partial charge in [0.2, 0.25) is 0 Å². The van der Waals surface area contributed by atoms with Gasteiger partial charge in [0.1, 0.15) is 0 Å². The molecule has 4 nitrogen and oxygen atoms in total. The molecular weight excluding hydrogens is 244 g/mol. The Hall–Kier alpha value is -1.84. The molecule has 0 spiro atoms. The molecule has 0 fully saturated rings. The van der Waals surface area contributed by atoms with Crippen molar-refractivity contribution in [2.45, 2.75) is 19.8 Å². The first-order chi connectivity index (χ1) is 9.03. The van der Waals surface area contributed by atoms with Crippen molar-refractivity contribution in [1.82, 2.24) is 0 Å². The lowest BCUT2D eigenvalue weighted by Gasteiger charge is -2.23. The lowest BCUT2D eigenvalue weighted by Crippen LogP contribution is -2.39. The molecule has 0 amide bonds. The fraction of sp³-hybridized carbons (Fsp3) is 0.467. The molecule has 2 aliphatic rings. The van der Waals surface area contributed by atoms with Crippen LogP contribution in [-0.4, -0.2) is 26.2 Å². The van der Waals surface area contributed by atoms with Crippen molar-refractivity contribution in [3.63, 3.8) is 0 Å². The lowest BCUT2D eigenvalue weighted by atomic mass is 9.83. The maximum atomic E-state index is 12.0. The topological polar surface area (TPSA) is 52.6 Å². The van der Waals surface area contributed by atoms with E-state index in [1.807, 2.05) is 12.2 Å². The summed E-state index contributed by atoms with van der Waals surface area (Å²) in [5.74, 6) is -0.694. The molecule has 0 N–H and O–H groups in total. The monoisotopic (exact) mass is 262 g/mol. The van der Waals surface area contributed by atoms with Gasteiger partial charge < -0.3 is 9.47 Å². The standard InChI is InChI=1S/C15H18O4/c1-10-4-6-11-8-15(13(16)18-2,14(17)19-3)9-12(11)7-5-10/h4-7,10H,8-9H2,1-3H3. The van der Waals surface area contributed by atoms with Gasteiger partial charge in [-0.1, -0.05) is 31.2 Å². The van der Waals surface area contributed by atoms with Gasteiger partial charge in [-0.2, -0.15) is 0 Å². The zero-order chi connectivity index (χ0) is 14.0. The van der Waals surface area contributed by atoms with Crippen molar-refractivity contribution in [3.05, 3.63) is 35.5 Å². The normalized spacial score (nSPS) is 21.0.